The highest BCUT2D eigenvalue weighted by molar-refractivity contribution is 5.35. The molecule has 2 fully saturated rings. The minimum Gasteiger partial charge on any atom is -0.316 e. The van der Waals surface area contributed by atoms with Crippen LogP contribution in [0, 0.1) is 11.8 Å². The Hall–Kier alpha value is -0.860. The van der Waals surface area contributed by atoms with Crippen LogP contribution in [0.15, 0.2) is 24.3 Å². The molecule has 4 rings (SSSR count). The minimum absolute atomic E-state index is 0.344. The van der Waals surface area contributed by atoms with Gasteiger partial charge in [-0.15, -0.1) is 0 Å². The number of benzene rings is 1. The SMILES string of the molecule is CC1(C)C2CNCC2CN1C1CCc2ccccc21. The Bertz CT molecular complexity index is 494. The molecule has 1 aromatic carbocycles. The van der Waals surface area contributed by atoms with Crippen molar-refractivity contribution in [1.29, 1.82) is 0 Å². The Morgan fingerprint density at radius 1 is 1.21 bits per heavy atom. The molecule has 0 spiro atoms. The van der Waals surface area contributed by atoms with E-state index in [-0.39, 0.29) is 0 Å². The molecule has 0 bridgehead atoms. The summed E-state index contributed by atoms with van der Waals surface area (Å²) in [5, 5.41) is 3.58. The van der Waals surface area contributed by atoms with Crippen LogP contribution in [-0.4, -0.2) is 30.1 Å². The number of likely N-dealkylation sites (tertiary alicyclic amines) is 1. The molecule has 1 aromatic rings. The van der Waals surface area contributed by atoms with Crippen LogP contribution in [0.4, 0.5) is 0 Å². The number of hydrogen-bond donors (Lipinski definition) is 1. The van der Waals surface area contributed by atoms with Gasteiger partial charge in [-0.25, -0.2) is 0 Å². The monoisotopic (exact) mass is 256 g/mol. The zero-order chi connectivity index (χ0) is 13.0. The van der Waals surface area contributed by atoms with Gasteiger partial charge < -0.3 is 5.32 Å². The number of rotatable bonds is 1. The zero-order valence-electron chi connectivity index (χ0n) is 12.0. The summed E-state index contributed by atoms with van der Waals surface area (Å²) < 4.78 is 0. The maximum absolute atomic E-state index is 3.58. The lowest BCUT2D eigenvalue weighted by Crippen LogP contribution is -2.45. The molecular formula is C17H24N2. The van der Waals surface area contributed by atoms with Gasteiger partial charge >= 0.3 is 0 Å². The Balaban J connectivity index is 1.68. The van der Waals surface area contributed by atoms with Crippen LogP contribution >= 0.6 is 0 Å². The first-order valence-electron chi connectivity index (χ1n) is 7.73. The average molecular weight is 256 g/mol. The maximum Gasteiger partial charge on any atom is 0.0359 e. The Morgan fingerprint density at radius 2 is 2.05 bits per heavy atom. The van der Waals surface area contributed by atoms with Gasteiger partial charge in [-0.05, 0) is 56.2 Å². The second kappa shape index (κ2) is 4.07. The van der Waals surface area contributed by atoms with Crippen molar-refractivity contribution in [2.24, 2.45) is 11.8 Å². The average Bonchev–Trinajstić information content (AvgIpc) is 3.06. The van der Waals surface area contributed by atoms with E-state index in [0.717, 1.165) is 11.8 Å². The van der Waals surface area contributed by atoms with Gasteiger partial charge in [0.05, 0.1) is 0 Å². The smallest absolute Gasteiger partial charge is 0.0359 e. The van der Waals surface area contributed by atoms with Crippen molar-refractivity contribution in [2.75, 3.05) is 19.6 Å². The lowest BCUT2D eigenvalue weighted by molar-refractivity contribution is 0.0888. The molecule has 2 nitrogen and oxygen atoms in total. The van der Waals surface area contributed by atoms with Crippen molar-refractivity contribution < 1.29 is 0 Å². The fraction of sp³-hybridized carbons (Fsp3) is 0.647. The first-order valence-corrected chi connectivity index (χ1v) is 7.73. The maximum atomic E-state index is 3.58. The quantitative estimate of drug-likeness (QED) is 0.831. The van der Waals surface area contributed by atoms with Crippen LogP contribution in [0.3, 0.4) is 0 Å². The van der Waals surface area contributed by atoms with Crippen molar-refractivity contribution in [1.82, 2.24) is 10.2 Å². The van der Waals surface area contributed by atoms with Crippen molar-refractivity contribution >= 4 is 0 Å². The third-order valence-electron chi connectivity index (χ3n) is 5.90. The number of fused-ring (bicyclic) bond motifs is 2. The summed E-state index contributed by atoms with van der Waals surface area (Å²) in [6, 6.07) is 9.74. The predicted octanol–water partition coefficient (Wildman–Crippen LogP) is 2.60. The third-order valence-corrected chi connectivity index (χ3v) is 5.90. The van der Waals surface area contributed by atoms with E-state index in [9.17, 15) is 0 Å². The highest BCUT2D eigenvalue weighted by atomic mass is 15.3. The van der Waals surface area contributed by atoms with Crippen molar-refractivity contribution in [2.45, 2.75) is 38.3 Å². The normalized spacial score (nSPS) is 36.4. The molecule has 2 saturated heterocycles. The van der Waals surface area contributed by atoms with Crippen molar-refractivity contribution in [3.8, 4) is 0 Å². The number of hydrogen-bond acceptors (Lipinski definition) is 2. The summed E-state index contributed by atoms with van der Waals surface area (Å²) >= 11 is 0. The van der Waals surface area contributed by atoms with E-state index in [2.05, 4.69) is 48.3 Å². The molecule has 3 atom stereocenters. The summed E-state index contributed by atoms with van der Waals surface area (Å²) in [6.45, 7) is 8.64. The second-order valence-electron chi connectivity index (χ2n) is 7.08. The van der Waals surface area contributed by atoms with E-state index in [1.807, 2.05) is 0 Å². The van der Waals surface area contributed by atoms with Crippen LogP contribution in [0.25, 0.3) is 0 Å². The van der Waals surface area contributed by atoms with Gasteiger partial charge in [0.15, 0.2) is 0 Å². The molecule has 3 aliphatic rings. The van der Waals surface area contributed by atoms with Gasteiger partial charge in [0.1, 0.15) is 0 Å². The summed E-state index contributed by atoms with van der Waals surface area (Å²) in [4.78, 5) is 2.81. The van der Waals surface area contributed by atoms with E-state index in [4.69, 9.17) is 0 Å². The van der Waals surface area contributed by atoms with E-state index in [1.165, 1.54) is 32.5 Å². The van der Waals surface area contributed by atoms with Gasteiger partial charge in [0.2, 0.25) is 0 Å². The Labute approximate surface area is 116 Å². The van der Waals surface area contributed by atoms with Gasteiger partial charge in [0, 0.05) is 24.7 Å². The standard InChI is InChI=1S/C17H24N2/c1-17(2)15-10-18-9-13(15)11-19(17)16-8-7-12-5-3-4-6-14(12)16/h3-6,13,15-16,18H,7-11H2,1-2H3. The van der Waals surface area contributed by atoms with Gasteiger partial charge in [-0.3, -0.25) is 4.90 Å². The van der Waals surface area contributed by atoms with Gasteiger partial charge in [0.25, 0.3) is 0 Å². The Morgan fingerprint density at radius 3 is 2.89 bits per heavy atom. The first kappa shape index (κ1) is 11.9. The minimum atomic E-state index is 0.344. The molecular weight excluding hydrogens is 232 g/mol. The van der Waals surface area contributed by atoms with Crippen LogP contribution in [-0.2, 0) is 6.42 Å². The van der Waals surface area contributed by atoms with Crippen molar-refractivity contribution in [3.63, 3.8) is 0 Å². The molecule has 102 valence electrons. The molecule has 2 heteroatoms. The first-order chi connectivity index (χ1) is 9.18. The second-order valence-corrected chi connectivity index (χ2v) is 7.08. The fourth-order valence-electron chi connectivity index (χ4n) is 4.84. The van der Waals surface area contributed by atoms with Crippen molar-refractivity contribution in [3.05, 3.63) is 35.4 Å². The van der Waals surface area contributed by atoms with Crippen LogP contribution in [0.5, 0.6) is 0 Å². The van der Waals surface area contributed by atoms with Gasteiger partial charge in [-0.1, -0.05) is 24.3 Å². The molecule has 1 N–H and O–H groups in total. The molecule has 0 saturated carbocycles. The molecule has 1 aliphatic carbocycles. The molecule has 0 radical (unpaired) electrons. The molecule has 2 heterocycles. The Kier molecular flexibility index (Phi) is 2.55. The molecule has 0 amide bonds. The lowest BCUT2D eigenvalue weighted by Gasteiger charge is -2.40. The number of aryl methyl sites for hydroxylation is 1. The molecule has 3 unspecified atom stereocenters. The largest absolute Gasteiger partial charge is 0.316 e. The van der Waals surface area contributed by atoms with E-state index >= 15 is 0 Å². The summed E-state index contributed by atoms with van der Waals surface area (Å²) in [7, 11) is 0. The highest BCUT2D eigenvalue weighted by Gasteiger charge is 2.52. The fourth-order valence-corrected chi connectivity index (χ4v) is 4.84. The van der Waals surface area contributed by atoms with Crippen LogP contribution in [0.1, 0.15) is 37.4 Å². The zero-order valence-corrected chi connectivity index (χ0v) is 12.0. The van der Waals surface area contributed by atoms with Crippen LogP contribution in [0.2, 0.25) is 0 Å². The summed E-state index contributed by atoms with van der Waals surface area (Å²) in [6.07, 6.45) is 2.58. The predicted molar refractivity (Wildman–Crippen MR) is 78.1 cm³/mol. The van der Waals surface area contributed by atoms with E-state index < -0.39 is 0 Å². The molecule has 19 heavy (non-hydrogen) atoms. The third kappa shape index (κ3) is 1.63. The summed E-state index contributed by atoms with van der Waals surface area (Å²) in [5.41, 5.74) is 3.53. The highest BCUT2D eigenvalue weighted by Crippen LogP contribution is 2.48. The molecule has 2 aliphatic heterocycles. The lowest BCUT2D eigenvalue weighted by atomic mass is 9.84. The molecule has 0 aromatic heterocycles. The van der Waals surface area contributed by atoms with Crippen LogP contribution < -0.4 is 5.32 Å². The topological polar surface area (TPSA) is 15.3 Å². The number of nitrogens with zero attached hydrogens (tertiary/aromatic N) is 1. The van der Waals surface area contributed by atoms with E-state index in [1.54, 1.807) is 11.1 Å². The van der Waals surface area contributed by atoms with E-state index in [0.29, 0.717) is 11.6 Å². The summed E-state index contributed by atoms with van der Waals surface area (Å²) in [5.74, 6) is 1.70. The van der Waals surface area contributed by atoms with Gasteiger partial charge in [-0.2, -0.15) is 0 Å². The number of nitrogens with one attached hydrogen (secondary N) is 1.